The van der Waals surface area contributed by atoms with Crippen LogP contribution in [0.1, 0.15) is 85.0 Å². The van der Waals surface area contributed by atoms with Crippen LogP contribution in [0.2, 0.25) is 5.02 Å². The van der Waals surface area contributed by atoms with Crippen LogP contribution < -0.4 is 11.1 Å². The van der Waals surface area contributed by atoms with Crippen molar-refractivity contribution in [2.75, 3.05) is 6.54 Å². The third-order valence-corrected chi connectivity index (χ3v) is 11.2. The third-order valence-electron chi connectivity index (χ3n) is 10.8. The Labute approximate surface area is 351 Å². The van der Waals surface area contributed by atoms with E-state index in [0.29, 0.717) is 36.5 Å². The molecule has 0 aliphatic carbocycles. The van der Waals surface area contributed by atoms with E-state index in [4.69, 9.17) is 22.1 Å². The smallest absolute Gasteiger partial charge is 0.306 e. The molecule has 306 valence electrons. The molecular weight excluding hydrogens is 760 g/mol. The zero-order valence-corrected chi connectivity index (χ0v) is 34.6. The van der Waals surface area contributed by atoms with E-state index in [2.05, 4.69) is 42.6 Å². The van der Waals surface area contributed by atoms with Crippen molar-refractivity contribution in [3.63, 3.8) is 0 Å². The zero-order valence-electron chi connectivity index (χ0n) is 33.9. The molecule has 9 nitrogen and oxygen atoms in total. The highest BCUT2D eigenvalue weighted by Gasteiger charge is 2.32. The van der Waals surface area contributed by atoms with E-state index in [-0.39, 0.29) is 38.2 Å². The van der Waals surface area contributed by atoms with Gasteiger partial charge in [0.15, 0.2) is 0 Å². The normalized spacial score (nSPS) is 12.3. The van der Waals surface area contributed by atoms with E-state index in [9.17, 15) is 19.2 Å². The fourth-order valence-corrected chi connectivity index (χ4v) is 7.81. The summed E-state index contributed by atoms with van der Waals surface area (Å²) in [6.45, 7) is 5.11. The Hall–Kier alpha value is -5.93. The molecule has 6 aromatic rings. The molecule has 1 heterocycles. The van der Waals surface area contributed by atoms with Crippen LogP contribution >= 0.6 is 11.6 Å². The predicted molar refractivity (Wildman–Crippen MR) is 235 cm³/mol. The highest BCUT2D eigenvalue weighted by atomic mass is 35.5. The number of hydrogen-bond acceptors (Lipinski definition) is 5. The van der Waals surface area contributed by atoms with Crippen molar-refractivity contribution < 1.29 is 23.9 Å². The fraction of sp³-hybridized carbons (Fsp3) is 0.306. The van der Waals surface area contributed by atoms with Crippen LogP contribution in [0.5, 0.6) is 0 Å². The van der Waals surface area contributed by atoms with Crippen molar-refractivity contribution in [3.05, 3.63) is 154 Å². The van der Waals surface area contributed by atoms with Gasteiger partial charge in [-0.2, -0.15) is 0 Å². The van der Waals surface area contributed by atoms with E-state index >= 15 is 0 Å². The van der Waals surface area contributed by atoms with Crippen molar-refractivity contribution in [1.82, 2.24) is 14.8 Å². The van der Waals surface area contributed by atoms with Crippen molar-refractivity contribution in [1.29, 1.82) is 0 Å². The Bertz CT molecular complexity index is 2390. The van der Waals surface area contributed by atoms with E-state index in [1.165, 1.54) is 5.56 Å². The number of nitrogens with two attached hydrogens (primary N) is 1. The number of unbranched alkanes of at least 4 members (excludes halogenated alkanes) is 1. The number of ether oxygens (including phenoxy) is 1. The van der Waals surface area contributed by atoms with Crippen LogP contribution in [-0.2, 0) is 45.1 Å². The molecular formula is C49H53ClN4O5. The Kier molecular flexibility index (Phi) is 14.9. The van der Waals surface area contributed by atoms with Crippen LogP contribution in [0.4, 0.5) is 0 Å². The van der Waals surface area contributed by atoms with Crippen molar-refractivity contribution in [2.24, 2.45) is 5.73 Å². The summed E-state index contributed by atoms with van der Waals surface area (Å²) in [6, 6.07) is 35.7. The molecule has 0 aliphatic heterocycles. The monoisotopic (exact) mass is 812 g/mol. The van der Waals surface area contributed by atoms with Gasteiger partial charge in [-0.05, 0) is 77.3 Å². The summed E-state index contributed by atoms with van der Waals surface area (Å²) < 4.78 is 7.52. The number of halogens is 1. The summed E-state index contributed by atoms with van der Waals surface area (Å²) in [5.74, 6) is -1.67. The number of carbonyl (C=O) groups is 4. The van der Waals surface area contributed by atoms with E-state index < -0.39 is 29.9 Å². The first-order chi connectivity index (χ1) is 28.6. The number of benzene rings is 5. The lowest BCUT2D eigenvalue weighted by Crippen LogP contribution is -2.53. The first-order valence-corrected chi connectivity index (χ1v) is 20.9. The van der Waals surface area contributed by atoms with Gasteiger partial charge in [-0.15, -0.1) is 0 Å². The maximum atomic E-state index is 15.0. The van der Waals surface area contributed by atoms with Gasteiger partial charge in [0.1, 0.15) is 12.6 Å². The Morgan fingerprint density at radius 3 is 2.24 bits per heavy atom. The molecule has 6 rings (SSSR count). The molecule has 59 heavy (non-hydrogen) atoms. The Morgan fingerprint density at radius 1 is 0.814 bits per heavy atom. The third kappa shape index (κ3) is 11.4. The number of esters is 1. The van der Waals surface area contributed by atoms with E-state index in [1.54, 1.807) is 11.1 Å². The molecule has 0 saturated heterocycles. The van der Waals surface area contributed by atoms with Gasteiger partial charge >= 0.3 is 5.97 Å². The quantitative estimate of drug-likeness (QED) is 0.0745. The molecule has 0 aliphatic rings. The lowest BCUT2D eigenvalue weighted by molar-refractivity contribution is -0.145. The lowest BCUT2D eigenvalue weighted by atomic mass is 9.96. The minimum Gasteiger partial charge on any atom is -0.461 e. The Morgan fingerprint density at radius 2 is 1.51 bits per heavy atom. The van der Waals surface area contributed by atoms with E-state index in [1.807, 2.05) is 96.4 Å². The maximum absolute atomic E-state index is 15.0. The Balaban J connectivity index is 1.29. The molecule has 10 heteroatoms. The number of fused-ring (bicyclic) bond motifs is 2. The average molecular weight is 813 g/mol. The summed E-state index contributed by atoms with van der Waals surface area (Å²) >= 11 is 6.53. The fourth-order valence-electron chi connectivity index (χ4n) is 7.61. The maximum Gasteiger partial charge on any atom is 0.306 e. The molecule has 3 N–H and O–H groups in total. The second-order valence-electron chi connectivity index (χ2n) is 15.1. The van der Waals surface area contributed by atoms with Crippen LogP contribution in [0, 0.1) is 0 Å². The van der Waals surface area contributed by atoms with Gasteiger partial charge in [0.25, 0.3) is 5.91 Å². The van der Waals surface area contributed by atoms with Crippen LogP contribution in [0.25, 0.3) is 21.7 Å². The van der Waals surface area contributed by atoms with Crippen molar-refractivity contribution in [2.45, 2.75) is 90.4 Å². The molecule has 0 saturated carbocycles. The van der Waals surface area contributed by atoms with Gasteiger partial charge in [-0.3, -0.25) is 19.2 Å². The van der Waals surface area contributed by atoms with Gasteiger partial charge < -0.3 is 25.3 Å². The molecule has 0 radical (unpaired) electrons. The first kappa shape index (κ1) is 42.7. The summed E-state index contributed by atoms with van der Waals surface area (Å²) in [6.07, 6.45) is 5.06. The van der Waals surface area contributed by atoms with Crippen LogP contribution in [0.15, 0.2) is 121 Å². The number of carbonyl (C=O) groups excluding carboxylic acids is 4. The second kappa shape index (κ2) is 20.7. The number of nitrogens with zero attached hydrogens (tertiary/aromatic N) is 2. The predicted octanol–water partition coefficient (Wildman–Crippen LogP) is 9.19. The first-order valence-electron chi connectivity index (χ1n) is 20.6. The highest BCUT2D eigenvalue weighted by Crippen LogP contribution is 2.26. The zero-order chi connectivity index (χ0) is 41.7. The molecule has 2 atom stereocenters. The summed E-state index contributed by atoms with van der Waals surface area (Å²) in [5.41, 5.74) is 11.1. The number of amides is 3. The van der Waals surface area contributed by atoms with E-state index in [0.717, 1.165) is 51.2 Å². The lowest BCUT2D eigenvalue weighted by Gasteiger charge is -2.35. The molecule has 3 amide bonds. The number of aromatic nitrogens is 1. The van der Waals surface area contributed by atoms with Crippen molar-refractivity contribution in [3.8, 4) is 0 Å². The highest BCUT2D eigenvalue weighted by molar-refractivity contribution is 6.31. The minimum atomic E-state index is -1.01. The molecule has 1 aromatic heterocycles. The van der Waals surface area contributed by atoms with Gasteiger partial charge in [0, 0.05) is 54.1 Å². The summed E-state index contributed by atoms with van der Waals surface area (Å²) in [4.78, 5) is 56.7. The molecule has 0 bridgehead atoms. The summed E-state index contributed by atoms with van der Waals surface area (Å²) in [5, 5.41) is 6.61. The van der Waals surface area contributed by atoms with Gasteiger partial charge in [-0.25, -0.2) is 0 Å². The van der Waals surface area contributed by atoms with Gasteiger partial charge in [-0.1, -0.05) is 135 Å². The standard InChI is InChI=1S/C49H53ClN4O5/c1-3-5-26-54(40(30-46(51)55)29-36-23-25-37-27-34(4-2)22-24-38(37)28-36)49(58)44(19-13-21-47(56)59-33-35-14-7-6-8-15-35)52-48(57)42-32-53(45-20-12-10-17-41(42)45)31-39-16-9-11-18-43(39)50/h6-12,14-18,20,22-25,27-28,32,40,44H,3-5,13,19,21,26,29-31,33H2,1-2H3,(H2,51,55)(H,52,57)/t40-,44-/m0/s1. The SMILES string of the molecule is CCCCN(C(=O)[C@H](CCCC(=O)OCc1ccccc1)NC(=O)c1cn(Cc2ccccc2Cl)c2ccccc12)[C@H](CC(N)=O)Cc1ccc2cc(CC)ccc2c1. The van der Waals surface area contributed by atoms with Crippen molar-refractivity contribution >= 4 is 57.0 Å². The molecule has 0 unspecified atom stereocenters. The summed E-state index contributed by atoms with van der Waals surface area (Å²) in [7, 11) is 0. The number of primary amides is 1. The second-order valence-corrected chi connectivity index (χ2v) is 15.5. The molecule has 0 spiro atoms. The average Bonchev–Trinajstić information content (AvgIpc) is 3.61. The van der Waals surface area contributed by atoms with Crippen LogP contribution in [-0.4, -0.2) is 51.8 Å². The topological polar surface area (TPSA) is 124 Å². The largest absolute Gasteiger partial charge is 0.461 e. The number of hydrogen-bond donors (Lipinski definition) is 2. The number of nitrogens with one attached hydrogen (secondary N) is 1. The van der Waals surface area contributed by atoms with Crippen LogP contribution in [0.3, 0.4) is 0 Å². The number of aryl methyl sites for hydroxylation is 1. The number of rotatable bonds is 20. The molecule has 0 fully saturated rings. The number of para-hydroxylation sites is 1. The molecule has 5 aromatic carbocycles. The van der Waals surface area contributed by atoms with Gasteiger partial charge in [0.2, 0.25) is 11.8 Å². The minimum absolute atomic E-state index is 0.0513. The van der Waals surface area contributed by atoms with Gasteiger partial charge in [0.05, 0.1) is 5.56 Å².